The van der Waals surface area contributed by atoms with Crippen LogP contribution in [0.4, 0.5) is 0 Å². The first-order valence-corrected chi connectivity index (χ1v) is 31.7. The van der Waals surface area contributed by atoms with Gasteiger partial charge in [-0.2, -0.15) is 0 Å². The molecule has 0 saturated heterocycles. The van der Waals surface area contributed by atoms with E-state index in [2.05, 4.69) is 32.9 Å². The van der Waals surface area contributed by atoms with E-state index >= 15 is 0 Å². The summed E-state index contributed by atoms with van der Waals surface area (Å²) >= 11 is 0. The van der Waals surface area contributed by atoms with Gasteiger partial charge in [-0.3, -0.25) is 14.4 Å². The quantitative estimate of drug-likeness (QED) is 0.0261. The van der Waals surface area contributed by atoms with Crippen LogP contribution in [0, 0.1) is 0 Å². The number of unbranched alkanes of at least 4 members (excludes halogenated alkanes) is 46. The Balaban J connectivity index is 4.24. The predicted molar refractivity (Wildman–Crippen MR) is 303 cm³/mol. The zero-order valence-electron chi connectivity index (χ0n) is 47.6. The fourth-order valence-corrected chi connectivity index (χ4v) is 9.74. The van der Waals surface area contributed by atoms with Crippen LogP contribution in [0.25, 0.3) is 0 Å². The van der Waals surface area contributed by atoms with Gasteiger partial charge in [0.25, 0.3) is 0 Å². The molecule has 0 fully saturated rings. The molecule has 0 aliphatic heterocycles. The second kappa shape index (κ2) is 59.7. The molecule has 0 aromatic heterocycles. The molecule has 0 spiro atoms. The Hall–Kier alpha value is -1.85. The first-order valence-electron chi connectivity index (χ1n) is 31.7. The number of ether oxygens (including phenoxy) is 3. The smallest absolute Gasteiger partial charge is 0.306 e. The van der Waals surface area contributed by atoms with E-state index in [1.54, 1.807) is 0 Å². The van der Waals surface area contributed by atoms with E-state index in [9.17, 15) is 14.4 Å². The Bertz CT molecular complexity index is 1090. The van der Waals surface area contributed by atoms with Crippen molar-refractivity contribution in [3.8, 4) is 0 Å². The van der Waals surface area contributed by atoms with Crippen LogP contribution >= 0.6 is 0 Å². The summed E-state index contributed by atoms with van der Waals surface area (Å²) < 4.78 is 16.9. The highest BCUT2D eigenvalue weighted by Gasteiger charge is 2.19. The lowest BCUT2D eigenvalue weighted by Gasteiger charge is -2.18. The number of hydrogen-bond acceptors (Lipinski definition) is 6. The standard InChI is InChI=1S/C64H122O6/c1-4-7-10-13-16-19-22-25-28-29-30-31-32-33-34-35-37-39-42-45-48-51-54-57-63(66)69-60-61(59-68-62(65)56-53-50-47-44-41-38-27-24-21-18-15-12-9-6-3)70-64(67)58-55-52-49-46-43-40-36-26-23-20-17-14-11-8-5-2/h29-30,61H,4-28,31-60H2,1-3H3/b30-29-. The predicted octanol–water partition coefficient (Wildman–Crippen LogP) is 21.3. The minimum atomic E-state index is -0.765. The van der Waals surface area contributed by atoms with Gasteiger partial charge in [-0.25, -0.2) is 0 Å². The second-order valence-corrected chi connectivity index (χ2v) is 21.7. The first-order chi connectivity index (χ1) is 34.5. The minimum absolute atomic E-state index is 0.0634. The topological polar surface area (TPSA) is 78.9 Å². The largest absolute Gasteiger partial charge is 0.462 e. The molecule has 0 aliphatic carbocycles. The average molecular weight is 988 g/mol. The molecule has 0 rings (SSSR count). The number of rotatable bonds is 59. The molecule has 0 aromatic rings. The summed E-state index contributed by atoms with van der Waals surface area (Å²) in [5, 5.41) is 0. The van der Waals surface area contributed by atoms with Crippen LogP contribution in [0.5, 0.6) is 0 Å². The number of carbonyl (C=O) groups excluding carboxylic acids is 3. The van der Waals surface area contributed by atoms with E-state index in [0.717, 1.165) is 57.8 Å². The van der Waals surface area contributed by atoms with Gasteiger partial charge in [-0.05, 0) is 44.9 Å². The molecular formula is C64H122O6. The van der Waals surface area contributed by atoms with Crippen molar-refractivity contribution in [2.24, 2.45) is 0 Å². The molecule has 0 amide bonds. The third-order valence-electron chi connectivity index (χ3n) is 14.5. The molecule has 0 radical (unpaired) electrons. The Morgan fingerprint density at radius 2 is 0.471 bits per heavy atom. The molecular weight excluding hydrogens is 865 g/mol. The van der Waals surface area contributed by atoms with Crippen molar-refractivity contribution in [1.29, 1.82) is 0 Å². The van der Waals surface area contributed by atoms with Crippen LogP contribution in [0.3, 0.4) is 0 Å². The second-order valence-electron chi connectivity index (χ2n) is 21.7. The van der Waals surface area contributed by atoms with E-state index in [1.807, 2.05) is 0 Å². The summed E-state index contributed by atoms with van der Waals surface area (Å²) in [7, 11) is 0. The number of esters is 3. The van der Waals surface area contributed by atoms with Crippen LogP contribution < -0.4 is 0 Å². The van der Waals surface area contributed by atoms with Gasteiger partial charge in [0.1, 0.15) is 13.2 Å². The van der Waals surface area contributed by atoms with Crippen molar-refractivity contribution in [3.63, 3.8) is 0 Å². The fraction of sp³-hybridized carbons (Fsp3) is 0.922. The summed E-state index contributed by atoms with van der Waals surface area (Å²) in [5.41, 5.74) is 0. The lowest BCUT2D eigenvalue weighted by Crippen LogP contribution is -2.30. The SMILES string of the molecule is CCCCCCCCCC/C=C\CCCCCCCCCCCCCC(=O)OCC(COC(=O)CCCCCCCCCCCCCCCC)OC(=O)CCCCCCCCCCCCCCCCC. The fourth-order valence-electron chi connectivity index (χ4n) is 9.74. The van der Waals surface area contributed by atoms with Crippen molar-refractivity contribution in [3.05, 3.63) is 12.2 Å². The number of allylic oxidation sites excluding steroid dienone is 2. The van der Waals surface area contributed by atoms with Gasteiger partial charge in [-0.1, -0.05) is 309 Å². The van der Waals surface area contributed by atoms with Crippen molar-refractivity contribution in [1.82, 2.24) is 0 Å². The third kappa shape index (κ3) is 57.1. The molecule has 0 aliphatic rings. The van der Waals surface area contributed by atoms with Gasteiger partial charge in [-0.15, -0.1) is 0 Å². The summed E-state index contributed by atoms with van der Waals surface area (Å²) in [5.74, 6) is -0.835. The zero-order valence-corrected chi connectivity index (χ0v) is 47.6. The molecule has 0 aromatic carbocycles. The van der Waals surface area contributed by atoms with Gasteiger partial charge in [0.15, 0.2) is 6.10 Å². The molecule has 70 heavy (non-hydrogen) atoms. The highest BCUT2D eigenvalue weighted by Crippen LogP contribution is 2.18. The molecule has 0 heterocycles. The van der Waals surface area contributed by atoms with Gasteiger partial charge in [0, 0.05) is 19.3 Å². The molecule has 6 nitrogen and oxygen atoms in total. The average Bonchev–Trinajstić information content (AvgIpc) is 3.36. The number of carbonyl (C=O) groups is 3. The molecule has 0 bridgehead atoms. The number of hydrogen-bond donors (Lipinski definition) is 0. The maximum absolute atomic E-state index is 12.9. The minimum Gasteiger partial charge on any atom is -0.462 e. The summed E-state index contributed by atoms with van der Waals surface area (Å²) in [6, 6.07) is 0. The third-order valence-corrected chi connectivity index (χ3v) is 14.5. The molecule has 1 atom stereocenters. The molecule has 0 saturated carbocycles. The van der Waals surface area contributed by atoms with E-state index < -0.39 is 6.10 Å². The van der Waals surface area contributed by atoms with Crippen LogP contribution in [-0.4, -0.2) is 37.2 Å². The maximum Gasteiger partial charge on any atom is 0.306 e. The zero-order chi connectivity index (χ0) is 50.7. The van der Waals surface area contributed by atoms with Gasteiger partial charge in [0.2, 0.25) is 0 Å². The Labute approximate surface area is 437 Å². The van der Waals surface area contributed by atoms with Crippen LogP contribution in [0.2, 0.25) is 0 Å². The Kier molecular flexibility index (Phi) is 58.1. The molecule has 1 unspecified atom stereocenters. The van der Waals surface area contributed by atoms with E-state index in [0.29, 0.717) is 19.3 Å². The van der Waals surface area contributed by atoms with E-state index in [-0.39, 0.29) is 31.1 Å². The maximum atomic E-state index is 12.9. The molecule has 6 heteroatoms. The van der Waals surface area contributed by atoms with Crippen molar-refractivity contribution >= 4 is 17.9 Å². The van der Waals surface area contributed by atoms with Gasteiger partial charge < -0.3 is 14.2 Å². The van der Waals surface area contributed by atoms with Crippen LogP contribution in [0.15, 0.2) is 12.2 Å². The molecule has 414 valence electrons. The highest BCUT2D eigenvalue weighted by molar-refractivity contribution is 5.71. The van der Waals surface area contributed by atoms with Gasteiger partial charge >= 0.3 is 17.9 Å². The lowest BCUT2D eigenvalue weighted by atomic mass is 10.0. The Morgan fingerprint density at radius 1 is 0.271 bits per heavy atom. The molecule has 0 N–H and O–H groups in total. The van der Waals surface area contributed by atoms with Crippen LogP contribution in [0.1, 0.15) is 361 Å². The van der Waals surface area contributed by atoms with E-state index in [1.165, 1.54) is 263 Å². The van der Waals surface area contributed by atoms with Crippen molar-refractivity contribution < 1.29 is 28.6 Å². The highest BCUT2D eigenvalue weighted by atomic mass is 16.6. The summed E-state index contributed by atoms with van der Waals surface area (Å²) in [6.07, 6.45) is 69.3. The summed E-state index contributed by atoms with van der Waals surface area (Å²) in [6.45, 7) is 6.71. The monoisotopic (exact) mass is 987 g/mol. The Morgan fingerprint density at radius 3 is 0.714 bits per heavy atom. The summed E-state index contributed by atoms with van der Waals surface area (Å²) in [4.78, 5) is 38.2. The van der Waals surface area contributed by atoms with Crippen molar-refractivity contribution in [2.45, 2.75) is 367 Å². The van der Waals surface area contributed by atoms with Crippen molar-refractivity contribution in [2.75, 3.05) is 13.2 Å². The van der Waals surface area contributed by atoms with Gasteiger partial charge in [0.05, 0.1) is 0 Å². The lowest BCUT2D eigenvalue weighted by molar-refractivity contribution is -0.167. The van der Waals surface area contributed by atoms with Crippen LogP contribution in [-0.2, 0) is 28.6 Å². The first kappa shape index (κ1) is 68.2. The normalized spacial score (nSPS) is 12.0. The van der Waals surface area contributed by atoms with E-state index in [4.69, 9.17) is 14.2 Å².